The van der Waals surface area contributed by atoms with Crippen LogP contribution >= 0.6 is 0 Å². The number of aliphatic hydroxyl groups is 1. The van der Waals surface area contributed by atoms with Crippen LogP contribution in [0.3, 0.4) is 0 Å². The molecule has 1 saturated heterocycles. The molecule has 1 N–H and O–H groups in total. The highest BCUT2D eigenvalue weighted by molar-refractivity contribution is 5.94. The summed E-state index contributed by atoms with van der Waals surface area (Å²) in [4.78, 5) is 16.0. The fraction of sp³-hybridized carbons (Fsp3) is 0.321. The molecule has 0 bridgehead atoms. The van der Waals surface area contributed by atoms with E-state index < -0.39 is 6.10 Å². The summed E-state index contributed by atoms with van der Waals surface area (Å²) in [5.74, 6) is -0.0576. The van der Waals surface area contributed by atoms with Crippen molar-refractivity contribution in [2.24, 2.45) is 0 Å². The number of nitrogens with zero attached hydrogens (tertiary/aromatic N) is 2. The van der Waals surface area contributed by atoms with E-state index in [0.717, 1.165) is 37.3 Å². The van der Waals surface area contributed by atoms with Crippen molar-refractivity contribution in [3.63, 3.8) is 0 Å². The number of ether oxygens (including phenoxy) is 1. The Labute approximate surface area is 204 Å². The molecule has 7 heteroatoms. The Balaban J connectivity index is 1.34. The Morgan fingerprint density at radius 3 is 2.03 bits per heavy atom. The molecular weight excluding hydrogens is 450 g/mol. The van der Waals surface area contributed by atoms with Gasteiger partial charge < -0.3 is 9.84 Å². The van der Waals surface area contributed by atoms with Crippen LogP contribution in [0.5, 0.6) is 5.75 Å². The molecule has 1 unspecified atom stereocenters. The Morgan fingerprint density at radius 1 is 0.914 bits per heavy atom. The molecule has 0 spiro atoms. The number of Topliss-reactive ketones (excluding diaryl/α,β-unsaturated/α-hetero) is 1. The minimum absolute atomic E-state index is 0.0338. The van der Waals surface area contributed by atoms with E-state index in [4.69, 9.17) is 4.74 Å². The lowest BCUT2D eigenvalue weighted by molar-refractivity contribution is 0.0400. The van der Waals surface area contributed by atoms with Crippen LogP contribution in [0.4, 0.5) is 8.78 Å². The third kappa shape index (κ3) is 6.72. The van der Waals surface area contributed by atoms with E-state index in [0.29, 0.717) is 17.9 Å². The van der Waals surface area contributed by atoms with Gasteiger partial charge in [-0.25, -0.2) is 8.78 Å². The monoisotopic (exact) mass is 480 g/mol. The van der Waals surface area contributed by atoms with Crippen molar-refractivity contribution >= 4 is 5.78 Å². The number of ketones is 1. The van der Waals surface area contributed by atoms with Gasteiger partial charge >= 0.3 is 0 Å². The minimum Gasteiger partial charge on any atom is -0.491 e. The Kier molecular flexibility index (Phi) is 8.23. The fourth-order valence-corrected chi connectivity index (χ4v) is 4.46. The summed E-state index contributed by atoms with van der Waals surface area (Å²) in [7, 11) is 0. The molecule has 0 radical (unpaired) electrons. The van der Waals surface area contributed by atoms with Gasteiger partial charge in [-0.2, -0.15) is 0 Å². The molecule has 1 heterocycles. The van der Waals surface area contributed by atoms with Crippen LogP contribution < -0.4 is 4.74 Å². The van der Waals surface area contributed by atoms with Gasteiger partial charge in [0.1, 0.15) is 30.1 Å². The number of β-amino-alcohol motifs (C(OH)–C–C–N with tert-alkyl or cyclic N) is 1. The topological polar surface area (TPSA) is 53.0 Å². The summed E-state index contributed by atoms with van der Waals surface area (Å²) in [5.41, 5.74) is 2.48. The van der Waals surface area contributed by atoms with Crippen molar-refractivity contribution in [1.29, 1.82) is 0 Å². The van der Waals surface area contributed by atoms with Gasteiger partial charge in [0.05, 0.1) is 6.04 Å². The van der Waals surface area contributed by atoms with E-state index in [1.807, 2.05) is 0 Å². The van der Waals surface area contributed by atoms with Crippen molar-refractivity contribution in [3.05, 3.63) is 101 Å². The van der Waals surface area contributed by atoms with Crippen LogP contribution in [0.1, 0.15) is 34.5 Å². The van der Waals surface area contributed by atoms with Crippen LogP contribution in [0, 0.1) is 11.6 Å². The second kappa shape index (κ2) is 11.5. The third-order valence-corrected chi connectivity index (χ3v) is 6.30. The zero-order valence-electron chi connectivity index (χ0n) is 19.7. The maximum atomic E-state index is 13.5. The zero-order valence-corrected chi connectivity index (χ0v) is 19.7. The van der Waals surface area contributed by atoms with E-state index in [1.54, 1.807) is 48.5 Å². The number of rotatable bonds is 9. The van der Waals surface area contributed by atoms with Gasteiger partial charge in [-0.05, 0) is 54.4 Å². The van der Waals surface area contributed by atoms with Crippen LogP contribution in [0.25, 0.3) is 0 Å². The molecular formula is C28H30F2N2O3. The molecule has 184 valence electrons. The molecule has 0 saturated carbocycles. The standard InChI is InChI=1S/C28H30F2N2O3/c1-20(33)23-3-2-4-27(17-23)35-19-26(34)18-31-13-15-32(16-14-31)28(21-5-9-24(29)10-6-21)22-7-11-25(30)12-8-22/h2-12,17,26,28,34H,13-16,18-19H2,1H3. The molecule has 1 fully saturated rings. The normalized spacial score (nSPS) is 15.8. The number of benzene rings is 3. The summed E-state index contributed by atoms with van der Waals surface area (Å²) in [6, 6.07) is 19.7. The SMILES string of the molecule is CC(=O)c1cccc(OCC(O)CN2CCN(C(c3ccc(F)cc3)c3ccc(F)cc3)CC2)c1. The highest BCUT2D eigenvalue weighted by atomic mass is 19.1. The molecule has 1 atom stereocenters. The van der Waals surface area contributed by atoms with Gasteiger partial charge in [0, 0.05) is 38.3 Å². The van der Waals surface area contributed by atoms with E-state index in [9.17, 15) is 18.7 Å². The lowest BCUT2D eigenvalue weighted by atomic mass is 9.96. The first-order valence-electron chi connectivity index (χ1n) is 11.8. The van der Waals surface area contributed by atoms with Gasteiger partial charge in [0.2, 0.25) is 0 Å². The largest absolute Gasteiger partial charge is 0.491 e. The summed E-state index contributed by atoms with van der Waals surface area (Å²) in [6.45, 7) is 5.09. The molecule has 1 aliphatic heterocycles. The number of hydrogen-bond donors (Lipinski definition) is 1. The van der Waals surface area contributed by atoms with E-state index in [1.165, 1.54) is 31.2 Å². The molecule has 3 aromatic carbocycles. The van der Waals surface area contributed by atoms with E-state index in [2.05, 4.69) is 9.80 Å². The first kappa shape index (κ1) is 25.0. The first-order valence-corrected chi connectivity index (χ1v) is 11.8. The lowest BCUT2D eigenvalue weighted by Gasteiger charge is -2.40. The quantitative estimate of drug-likeness (QED) is 0.463. The van der Waals surface area contributed by atoms with Crippen LogP contribution in [0.15, 0.2) is 72.8 Å². The Bertz CT molecular complexity index is 1070. The lowest BCUT2D eigenvalue weighted by Crippen LogP contribution is -2.50. The van der Waals surface area contributed by atoms with Gasteiger partial charge in [-0.15, -0.1) is 0 Å². The van der Waals surface area contributed by atoms with Crippen LogP contribution in [0.2, 0.25) is 0 Å². The number of halogens is 2. The maximum Gasteiger partial charge on any atom is 0.159 e. The fourth-order valence-electron chi connectivity index (χ4n) is 4.46. The first-order chi connectivity index (χ1) is 16.9. The van der Waals surface area contributed by atoms with E-state index in [-0.39, 0.29) is 30.1 Å². The summed E-state index contributed by atoms with van der Waals surface area (Å²) in [6.07, 6.45) is -0.674. The molecule has 0 aliphatic carbocycles. The number of aliphatic hydroxyl groups excluding tert-OH is 1. The average Bonchev–Trinajstić information content (AvgIpc) is 2.86. The minimum atomic E-state index is -0.674. The molecule has 3 aromatic rings. The summed E-state index contributed by atoms with van der Waals surface area (Å²) >= 11 is 0. The van der Waals surface area contributed by atoms with Gasteiger partial charge in [0.15, 0.2) is 5.78 Å². The number of hydrogen-bond acceptors (Lipinski definition) is 5. The Morgan fingerprint density at radius 2 is 1.49 bits per heavy atom. The highest BCUT2D eigenvalue weighted by Crippen LogP contribution is 2.30. The summed E-state index contributed by atoms with van der Waals surface area (Å²) in [5, 5.41) is 10.5. The second-order valence-electron chi connectivity index (χ2n) is 8.89. The predicted molar refractivity (Wildman–Crippen MR) is 131 cm³/mol. The predicted octanol–water partition coefficient (Wildman–Crippen LogP) is 4.31. The smallest absolute Gasteiger partial charge is 0.159 e. The molecule has 4 rings (SSSR count). The van der Waals surface area contributed by atoms with Crippen molar-refractivity contribution in [1.82, 2.24) is 9.80 Å². The molecule has 0 aromatic heterocycles. The zero-order chi connectivity index (χ0) is 24.8. The molecule has 35 heavy (non-hydrogen) atoms. The molecule has 0 amide bonds. The third-order valence-electron chi connectivity index (χ3n) is 6.30. The number of carbonyl (C=O) groups excluding carboxylic acids is 1. The average molecular weight is 481 g/mol. The highest BCUT2D eigenvalue weighted by Gasteiger charge is 2.27. The number of carbonyl (C=O) groups is 1. The van der Waals surface area contributed by atoms with Gasteiger partial charge in [-0.3, -0.25) is 14.6 Å². The van der Waals surface area contributed by atoms with Crippen LogP contribution in [-0.2, 0) is 0 Å². The van der Waals surface area contributed by atoms with Crippen LogP contribution in [-0.4, -0.2) is 66.1 Å². The van der Waals surface area contributed by atoms with Crippen molar-refractivity contribution in [3.8, 4) is 5.75 Å². The second-order valence-corrected chi connectivity index (χ2v) is 8.89. The molecule has 1 aliphatic rings. The number of piperazine rings is 1. The summed E-state index contributed by atoms with van der Waals surface area (Å²) < 4.78 is 32.7. The maximum absolute atomic E-state index is 13.5. The van der Waals surface area contributed by atoms with E-state index >= 15 is 0 Å². The van der Waals surface area contributed by atoms with Crippen molar-refractivity contribution in [2.45, 2.75) is 19.1 Å². The van der Waals surface area contributed by atoms with Crippen molar-refractivity contribution < 1.29 is 23.4 Å². The Hall–Kier alpha value is -3.13. The van der Waals surface area contributed by atoms with Gasteiger partial charge in [0.25, 0.3) is 0 Å². The van der Waals surface area contributed by atoms with Gasteiger partial charge in [-0.1, -0.05) is 36.4 Å². The molecule has 5 nitrogen and oxygen atoms in total. The van der Waals surface area contributed by atoms with Crippen molar-refractivity contribution in [2.75, 3.05) is 39.3 Å².